The molecule has 0 unspecified atom stereocenters. The van der Waals surface area contributed by atoms with E-state index in [2.05, 4.69) is 0 Å². The van der Waals surface area contributed by atoms with Gasteiger partial charge in [-0.25, -0.2) is 18.4 Å². The van der Waals surface area contributed by atoms with Crippen molar-refractivity contribution in [3.63, 3.8) is 0 Å². The highest BCUT2D eigenvalue weighted by molar-refractivity contribution is 5.85. The quantitative estimate of drug-likeness (QED) is 0.640. The summed E-state index contributed by atoms with van der Waals surface area (Å²) in [6.07, 6.45) is -1.30. The smallest absolute Gasteiger partial charge is 0.411 e. The number of ether oxygens (including phenoxy) is 1. The highest BCUT2D eigenvalue weighted by Crippen LogP contribution is 2.47. The summed E-state index contributed by atoms with van der Waals surface area (Å²) in [5.41, 5.74) is 3.08. The van der Waals surface area contributed by atoms with Gasteiger partial charge in [0.25, 0.3) is 0 Å². The van der Waals surface area contributed by atoms with E-state index >= 15 is 0 Å². The van der Waals surface area contributed by atoms with Crippen molar-refractivity contribution in [2.24, 2.45) is 0 Å². The summed E-state index contributed by atoms with van der Waals surface area (Å²) in [4.78, 5) is 26.3. The number of carbonyl (C=O) groups is 2. The number of methoxy groups -OCH3 is 1. The van der Waals surface area contributed by atoms with Gasteiger partial charge in [0.05, 0.1) is 13.2 Å². The number of carboxylic acid groups (broad SMARTS) is 1. The number of hydrogen-bond acceptors (Lipinski definition) is 3. The molecule has 4 rings (SSSR count). The van der Waals surface area contributed by atoms with Crippen molar-refractivity contribution in [3.8, 4) is 11.1 Å². The van der Waals surface area contributed by atoms with Gasteiger partial charge in [-0.2, -0.15) is 0 Å². The molecule has 0 aliphatic heterocycles. The van der Waals surface area contributed by atoms with Crippen molar-refractivity contribution in [1.29, 1.82) is 0 Å². The monoisotopic (exact) mass is 423 g/mol. The van der Waals surface area contributed by atoms with E-state index in [1.165, 1.54) is 0 Å². The lowest BCUT2D eigenvalue weighted by molar-refractivity contribution is -0.143. The van der Waals surface area contributed by atoms with E-state index in [4.69, 9.17) is 4.74 Å². The summed E-state index contributed by atoms with van der Waals surface area (Å²) >= 11 is 0. The lowest BCUT2D eigenvalue weighted by Gasteiger charge is -2.34. The molecule has 0 saturated heterocycles. The minimum Gasteiger partial charge on any atom is -0.480 e. The molecule has 3 aromatic rings. The van der Waals surface area contributed by atoms with Crippen LogP contribution in [0, 0.1) is 11.6 Å². The molecular formula is C24H19F2NO4. The average molecular weight is 423 g/mol. The second-order valence-corrected chi connectivity index (χ2v) is 7.25. The van der Waals surface area contributed by atoms with Crippen molar-refractivity contribution in [2.75, 3.05) is 7.11 Å². The largest absolute Gasteiger partial charge is 0.480 e. The number of halogens is 2. The average Bonchev–Trinajstić information content (AvgIpc) is 3.10. The predicted octanol–water partition coefficient (Wildman–Crippen LogP) is 4.80. The van der Waals surface area contributed by atoms with Gasteiger partial charge in [0.1, 0.15) is 17.7 Å². The van der Waals surface area contributed by atoms with Crippen LogP contribution >= 0.6 is 0 Å². The predicted molar refractivity (Wildman–Crippen MR) is 109 cm³/mol. The van der Waals surface area contributed by atoms with E-state index < -0.39 is 42.2 Å². The second kappa shape index (κ2) is 8.18. The molecule has 31 heavy (non-hydrogen) atoms. The molecule has 0 radical (unpaired) electrons. The van der Waals surface area contributed by atoms with Gasteiger partial charge in [0.2, 0.25) is 0 Å². The molecular weight excluding hydrogens is 404 g/mol. The van der Waals surface area contributed by atoms with Crippen molar-refractivity contribution >= 4 is 12.1 Å². The molecule has 1 N–H and O–H groups in total. The van der Waals surface area contributed by atoms with Gasteiger partial charge in [-0.15, -0.1) is 0 Å². The summed E-state index contributed by atoms with van der Waals surface area (Å²) in [5.74, 6) is -2.79. The Morgan fingerprint density at radius 1 is 1.00 bits per heavy atom. The Labute approximate surface area is 177 Å². The second-order valence-electron chi connectivity index (χ2n) is 7.25. The number of benzene rings is 3. The van der Waals surface area contributed by atoms with Crippen molar-refractivity contribution in [3.05, 3.63) is 95.1 Å². The molecule has 0 aromatic heterocycles. The minimum atomic E-state index is -1.49. The van der Waals surface area contributed by atoms with E-state index in [0.29, 0.717) is 0 Å². The maximum Gasteiger partial charge on any atom is 0.411 e. The Bertz CT molecular complexity index is 1120. The molecule has 0 spiro atoms. The zero-order valence-corrected chi connectivity index (χ0v) is 16.6. The molecule has 5 nitrogen and oxygen atoms in total. The van der Waals surface area contributed by atoms with Crippen molar-refractivity contribution < 1.29 is 28.2 Å². The number of amides is 1. The van der Waals surface area contributed by atoms with E-state index in [9.17, 15) is 23.5 Å². The fourth-order valence-corrected chi connectivity index (χ4v) is 4.16. The van der Waals surface area contributed by atoms with Crippen molar-refractivity contribution in [1.82, 2.24) is 4.90 Å². The highest BCUT2D eigenvalue weighted by Gasteiger charge is 2.42. The van der Waals surface area contributed by atoms with E-state index in [-0.39, 0.29) is 5.56 Å². The van der Waals surface area contributed by atoms with Crippen LogP contribution in [0.25, 0.3) is 11.1 Å². The Balaban J connectivity index is 1.86. The number of carboxylic acids is 1. The van der Waals surface area contributed by atoms with Gasteiger partial charge in [-0.1, -0.05) is 48.5 Å². The lowest BCUT2D eigenvalue weighted by atomic mass is 9.98. The zero-order valence-electron chi connectivity index (χ0n) is 16.6. The number of fused-ring (bicyclic) bond motifs is 3. The molecule has 1 amide bonds. The maximum absolute atomic E-state index is 14.3. The number of nitrogens with zero attached hydrogens (tertiary/aromatic N) is 1. The number of aliphatic carboxylic acids is 1. The van der Waals surface area contributed by atoms with Crippen LogP contribution < -0.4 is 0 Å². The summed E-state index contributed by atoms with van der Waals surface area (Å²) in [6.45, 7) is 0. The van der Waals surface area contributed by atoms with Gasteiger partial charge >= 0.3 is 12.1 Å². The maximum atomic E-state index is 14.3. The molecule has 1 aliphatic carbocycles. The van der Waals surface area contributed by atoms with E-state index in [1.807, 2.05) is 36.4 Å². The van der Waals surface area contributed by atoms with Crippen LogP contribution in [0.3, 0.4) is 0 Å². The molecule has 158 valence electrons. The fourth-order valence-electron chi connectivity index (χ4n) is 4.16. The third kappa shape index (κ3) is 3.63. The van der Waals surface area contributed by atoms with Gasteiger partial charge in [0.15, 0.2) is 0 Å². The third-order valence-electron chi connectivity index (χ3n) is 5.51. The molecule has 1 aliphatic rings. The normalized spacial score (nSPS) is 13.3. The topological polar surface area (TPSA) is 66.8 Å². The SMILES string of the molecule is COC(=O)N(C1c2ccccc2-c2ccccc21)[C@@H](Cc1cc(F)ccc1F)C(=O)O. The van der Waals surface area contributed by atoms with Gasteiger partial charge in [-0.3, -0.25) is 4.90 Å². The van der Waals surface area contributed by atoms with E-state index in [0.717, 1.165) is 52.5 Å². The summed E-state index contributed by atoms with van der Waals surface area (Å²) in [5, 5.41) is 10.0. The summed E-state index contributed by atoms with van der Waals surface area (Å²) in [7, 11) is 1.16. The first-order valence-corrected chi connectivity index (χ1v) is 9.63. The summed E-state index contributed by atoms with van der Waals surface area (Å²) < 4.78 is 32.9. The van der Waals surface area contributed by atoms with Crippen LogP contribution in [0.2, 0.25) is 0 Å². The number of hydrogen-bond donors (Lipinski definition) is 1. The minimum absolute atomic E-state index is 0.138. The number of carbonyl (C=O) groups excluding carboxylic acids is 1. The van der Waals surface area contributed by atoms with Crippen LogP contribution in [0.15, 0.2) is 66.7 Å². The number of rotatable bonds is 5. The van der Waals surface area contributed by atoms with Crippen LogP contribution in [-0.2, 0) is 16.0 Å². The standard InChI is InChI=1S/C24H19F2NO4/c1-31-24(30)27(21(23(28)29)13-14-12-15(25)10-11-20(14)26)22-18-8-4-2-6-16(18)17-7-3-5-9-19(17)22/h2-12,21-22H,13H2,1H3,(H,28,29)/t21-/m0/s1. The third-order valence-corrected chi connectivity index (χ3v) is 5.51. The Kier molecular flexibility index (Phi) is 5.42. The first-order valence-electron chi connectivity index (χ1n) is 9.63. The first kappa shape index (κ1) is 20.5. The van der Waals surface area contributed by atoms with Crippen LogP contribution in [-0.4, -0.2) is 35.2 Å². The Morgan fingerprint density at radius 2 is 1.58 bits per heavy atom. The van der Waals surface area contributed by atoms with Gasteiger partial charge < -0.3 is 9.84 Å². The fraction of sp³-hybridized carbons (Fsp3) is 0.167. The summed E-state index contributed by atoms with van der Waals surface area (Å²) in [6, 6.07) is 15.3. The van der Waals surface area contributed by atoms with Gasteiger partial charge in [0, 0.05) is 6.42 Å². The van der Waals surface area contributed by atoms with E-state index in [1.54, 1.807) is 12.1 Å². The highest BCUT2D eigenvalue weighted by atomic mass is 19.1. The van der Waals surface area contributed by atoms with Crippen LogP contribution in [0.5, 0.6) is 0 Å². The van der Waals surface area contributed by atoms with Crippen molar-refractivity contribution in [2.45, 2.75) is 18.5 Å². The molecule has 3 aromatic carbocycles. The molecule has 0 fully saturated rings. The first-order chi connectivity index (χ1) is 14.9. The molecule has 1 atom stereocenters. The molecule has 0 heterocycles. The van der Waals surface area contributed by atoms with Crippen LogP contribution in [0.1, 0.15) is 22.7 Å². The lowest BCUT2D eigenvalue weighted by Crippen LogP contribution is -2.48. The Hall–Kier alpha value is -3.74. The molecule has 0 saturated carbocycles. The molecule has 7 heteroatoms. The van der Waals surface area contributed by atoms with Gasteiger partial charge in [-0.05, 0) is 46.0 Å². The molecule has 0 bridgehead atoms. The Morgan fingerprint density at radius 3 is 2.13 bits per heavy atom. The zero-order chi connectivity index (χ0) is 22.1. The van der Waals surface area contributed by atoms with Crippen LogP contribution in [0.4, 0.5) is 13.6 Å².